The van der Waals surface area contributed by atoms with Gasteiger partial charge < -0.3 is 10.1 Å². The molecule has 1 aliphatic heterocycles. The van der Waals surface area contributed by atoms with Gasteiger partial charge >= 0.3 is 0 Å². The Balaban J connectivity index is 2.16. The van der Waals surface area contributed by atoms with Crippen molar-refractivity contribution in [3.05, 3.63) is 24.3 Å². The van der Waals surface area contributed by atoms with Crippen LogP contribution in [0.25, 0.3) is 0 Å². The fourth-order valence-corrected chi connectivity index (χ4v) is 3.79. The number of nitrogens with one attached hydrogen (secondary N) is 1. The van der Waals surface area contributed by atoms with Gasteiger partial charge in [-0.05, 0) is 31.9 Å². The maximum Gasteiger partial charge on any atom is 0.242 e. The maximum atomic E-state index is 12.4. The molecule has 0 radical (unpaired) electrons. The normalized spacial score (nSPS) is 19.4. The van der Waals surface area contributed by atoms with Gasteiger partial charge in [0, 0.05) is 6.54 Å². The van der Waals surface area contributed by atoms with Gasteiger partial charge in [0.1, 0.15) is 11.8 Å². The minimum absolute atomic E-state index is 0.00539. The van der Waals surface area contributed by atoms with E-state index in [9.17, 15) is 13.2 Å². The Kier molecular flexibility index (Phi) is 4.84. The zero-order valence-corrected chi connectivity index (χ0v) is 13.0. The van der Waals surface area contributed by atoms with Crippen molar-refractivity contribution in [2.75, 3.05) is 24.7 Å². The third-order valence-corrected chi connectivity index (χ3v) is 5.47. The van der Waals surface area contributed by atoms with Gasteiger partial charge in [0.25, 0.3) is 0 Å². The highest BCUT2D eigenvalue weighted by atomic mass is 32.2. The van der Waals surface area contributed by atoms with Crippen molar-refractivity contribution in [1.29, 1.82) is 0 Å². The number of rotatable bonds is 5. The molecule has 1 saturated heterocycles. The third kappa shape index (κ3) is 3.36. The van der Waals surface area contributed by atoms with Crippen molar-refractivity contribution >= 4 is 21.6 Å². The van der Waals surface area contributed by atoms with Crippen LogP contribution in [0.4, 0.5) is 5.69 Å². The van der Waals surface area contributed by atoms with Crippen LogP contribution < -0.4 is 10.1 Å². The number of methoxy groups -OCH3 is 1. The average Bonchev–Trinajstić information content (AvgIpc) is 2.98. The van der Waals surface area contributed by atoms with Crippen LogP contribution in [0, 0.1) is 0 Å². The van der Waals surface area contributed by atoms with Crippen LogP contribution in [0.2, 0.25) is 0 Å². The molecule has 1 aromatic rings. The van der Waals surface area contributed by atoms with E-state index in [-0.39, 0.29) is 11.7 Å². The van der Waals surface area contributed by atoms with Gasteiger partial charge in [-0.3, -0.25) is 4.79 Å². The van der Waals surface area contributed by atoms with Crippen LogP contribution in [0.3, 0.4) is 0 Å². The minimum atomic E-state index is -3.36. The third-order valence-electron chi connectivity index (χ3n) is 3.59. The van der Waals surface area contributed by atoms with Gasteiger partial charge in [-0.2, -0.15) is 4.31 Å². The highest BCUT2D eigenvalue weighted by Crippen LogP contribution is 2.26. The molecule has 6 nitrogen and oxygen atoms in total. The van der Waals surface area contributed by atoms with E-state index in [0.29, 0.717) is 30.8 Å². The van der Waals surface area contributed by atoms with Crippen molar-refractivity contribution in [1.82, 2.24) is 4.31 Å². The molecule has 1 fully saturated rings. The van der Waals surface area contributed by atoms with Crippen molar-refractivity contribution in [3.63, 3.8) is 0 Å². The second kappa shape index (κ2) is 6.44. The van der Waals surface area contributed by atoms with Crippen molar-refractivity contribution in [2.45, 2.75) is 25.8 Å². The predicted molar refractivity (Wildman–Crippen MR) is 80.8 cm³/mol. The molecule has 1 heterocycles. The van der Waals surface area contributed by atoms with Gasteiger partial charge in [-0.1, -0.05) is 12.1 Å². The van der Waals surface area contributed by atoms with Crippen molar-refractivity contribution in [2.24, 2.45) is 0 Å². The molecule has 0 unspecified atom stereocenters. The topological polar surface area (TPSA) is 75.7 Å². The fourth-order valence-electron chi connectivity index (χ4n) is 2.46. The van der Waals surface area contributed by atoms with Gasteiger partial charge in [0.05, 0.1) is 18.6 Å². The number of hydrogen-bond donors (Lipinski definition) is 1. The number of carbonyl (C=O) groups is 1. The van der Waals surface area contributed by atoms with Crippen LogP contribution >= 0.6 is 0 Å². The van der Waals surface area contributed by atoms with E-state index < -0.39 is 16.1 Å². The number of para-hydroxylation sites is 2. The van der Waals surface area contributed by atoms with E-state index >= 15 is 0 Å². The molecular formula is C14H20N2O4S. The number of ether oxygens (including phenoxy) is 1. The lowest BCUT2D eigenvalue weighted by Gasteiger charge is -2.23. The smallest absolute Gasteiger partial charge is 0.242 e. The first kappa shape index (κ1) is 15.8. The molecule has 116 valence electrons. The first-order valence-electron chi connectivity index (χ1n) is 6.93. The van der Waals surface area contributed by atoms with Crippen LogP contribution in [-0.4, -0.2) is 44.1 Å². The molecule has 1 atom stereocenters. The first-order chi connectivity index (χ1) is 9.99. The Morgan fingerprint density at radius 1 is 1.43 bits per heavy atom. The number of anilines is 1. The lowest BCUT2D eigenvalue weighted by molar-refractivity contribution is -0.119. The van der Waals surface area contributed by atoms with Crippen LogP contribution in [0.5, 0.6) is 5.75 Å². The predicted octanol–water partition coefficient (Wildman–Crippen LogP) is 1.45. The summed E-state index contributed by atoms with van der Waals surface area (Å²) in [5.74, 6) is 0.244. The quantitative estimate of drug-likeness (QED) is 0.893. The zero-order chi connectivity index (χ0) is 15.5. The Morgan fingerprint density at radius 3 is 2.81 bits per heavy atom. The highest BCUT2D eigenvalue weighted by Gasteiger charge is 2.37. The Hall–Kier alpha value is -1.60. The number of hydrogen-bond acceptors (Lipinski definition) is 4. The number of benzene rings is 1. The highest BCUT2D eigenvalue weighted by molar-refractivity contribution is 7.89. The van der Waals surface area contributed by atoms with Crippen molar-refractivity contribution < 1.29 is 17.9 Å². The number of amides is 1. The van der Waals surface area contributed by atoms with E-state index in [2.05, 4.69) is 5.32 Å². The van der Waals surface area contributed by atoms with Gasteiger partial charge in [0.2, 0.25) is 15.9 Å². The van der Waals surface area contributed by atoms with Gasteiger partial charge in [0.15, 0.2) is 0 Å². The van der Waals surface area contributed by atoms with E-state index in [0.717, 1.165) is 0 Å². The molecule has 2 rings (SSSR count). The summed E-state index contributed by atoms with van der Waals surface area (Å²) < 4.78 is 30.5. The second-order valence-electron chi connectivity index (χ2n) is 4.86. The molecule has 0 aromatic heterocycles. The molecule has 1 aliphatic rings. The Morgan fingerprint density at radius 2 is 2.14 bits per heavy atom. The number of carbonyl (C=O) groups excluding carboxylic acids is 1. The molecule has 0 saturated carbocycles. The average molecular weight is 312 g/mol. The summed E-state index contributed by atoms with van der Waals surface area (Å²) in [6.07, 6.45) is 1.24. The summed E-state index contributed by atoms with van der Waals surface area (Å²) in [5, 5.41) is 2.76. The summed E-state index contributed by atoms with van der Waals surface area (Å²) in [7, 11) is -1.84. The Bertz CT molecular complexity index is 615. The monoisotopic (exact) mass is 312 g/mol. The molecule has 0 aliphatic carbocycles. The summed E-state index contributed by atoms with van der Waals surface area (Å²) >= 11 is 0. The maximum absolute atomic E-state index is 12.4. The zero-order valence-electron chi connectivity index (χ0n) is 12.2. The van der Waals surface area contributed by atoms with E-state index in [1.165, 1.54) is 11.4 Å². The first-order valence-corrected chi connectivity index (χ1v) is 8.54. The van der Waals surface area contributed by atoms with E-state index in [4.69, 9.17) is 4.74 Å². The summed E-state index contributed by atoms with van der Waals surface area (Å²) in [4.78, 5) is 12.4. The summed E-state index contributed by atoms with van der Waals surface area (Å²) in [6.45, 7) is 1.99. The molecular weight excluding hydrogens is 292 g/mol. The largest absolute Gasteiger partial charge is 0.495 e. The minimum Gasteiger partial charge on any atom is -0.495 e. The molecule has 1 N–H and O–H groups in total. The summed E-state index contributed by atoms with van der Waals surface area (Å²) in [5.41, 5.74) is 0.547. The second-order valence-corrected chi connectivity index (χ2v) is 7.07. The van der Waals surface area contributed by atoms with E-state index in [1.807, 2.05) is 0 Å². The van der Waals surface area contributed by atoms with Crippen LogP contribution in [0.1, 0.15) is 19.8 Å². The lowest BCUT2D eigenvalue weighted by atomic mass is 10.2. The molecule has 21 heavy (non-hydrogen) atoms. The van der Waals surface area contributed by atoms with E-state index in [1.54, 1.807) is 31.2 Å². The summed E-state index contributed by atoms with van der Waals surface area (Å²) in [6, 6.07) is 6.42. The van der Waals surface area contributed by atoms with Crippen LogP contribution in [0.15, 0.2) is 24.3 Å². The number of nitrogens with zero attached hydrogens (tertiary/aromatic N) is 1. The lowest BCUT2D eigenvalue weighted by Crippen LogP contribution is -2.43. The molecule has 1 amide bonds. The fraction of sp³-hybridized carbons (Fsp3) is 0.500. The van der Waals surface area contributed by atoms with Gasteiger partial charge in [-0.15, -0.1) is 0 Å². The Labute approximate surface area is 125 Å². The molecule has 0 bridgehead atoms. The number of sulfonamides is 1. The molecule has 0 spiro atoms. The van der Waals surface area contributed by atoms with Crippen molar-refractivity contribution in [3.8, 4) is 5.75 Å². The van der Waals surface area contributed by atoms with Crippen LogP contribution in [-0.2, 0) is 14.8 Å². The SMILES string of the molecule is CCS(=O)(=O)N1CCC[C@@H]1C(=O)Nc1ccccc1OC. The molecule has 7 heteroatoms. The molecule has 1 aromatic carbocycles. The standard InChI is InChI=1S/C14H20N2O4S/c1-3-21(18,19)16-10-6-8-12(16)14(17)15-11-7-4-5-9-13(11)20-2/h4-5,7,9,12H,3,6,8,10H2,1-2H3,(H,15,17)/t12-/m1/s1. The van der Waals surface area contributed by atoms with Gasteiger partial charge in [-0.25, -0.2) is 8.42 Å².